The number of nitrogens with zero attached hydrogens (tertiary/aromatic N) is 4. The SMILES string of the molecule is C[C@H]1CCCCN1c1cc(N2CCOCC2)nc(NC(=S)NCc2ccc3c(c2)OCO3)n1. The molecule has 3 aliphatic rings. The van der Waals surface area contributed by atoms with Crippen LogP contribution in [0, 0.1) is 0 Å². The Bertz CT molecular complexity index is 1000. The normalized spacial score (nSPS) is 20.0. The smallest absolute Gasteiger partial charge is 0.232 e. The Labute approximate surface area is 199 Å². The minimum Gasteiger partial charge on any atom is -0.454 e. The monoisotopic (exact) mass is 470 g/mol. The molecule has 9 nitrogen and oxygen atoms in total. The molecular formula is C23H30N6O3S. The maximum absolute atomic E-state index is 5.55. The first-order valence-electron chi connectivity index (χ1n) is 11.6. The number of nitrogens with one attached hydrogen (secondary N) is 2. The molecule has 33 heavy (non-hydrogen) atoms. The third kappa shape index (κ3) is 5.22. The van der Waals surface area contributed by atoms with E-state index in [-0.39, 0.29) is 6.79 Å². The van der Waals surface area contributed by atoms with Crippen LogP contribution in [0.4, 0.5) is 17.6 Å². The predicted molar refractivity (Wildman–Crippen MR) is 131 cm³/mol. The highest BCUT2D eigenvalue weighted by Crippen LogP contribution is 2.32. The Morgan fingerprint density at radius 1 is 1.06 bits per heavy atom. The van der Waals surface area contributed by atoms with Gasteiger partial charge in [0.15, 0.2) is 16.6 Å². The molecule has 0 bridgehead atoms. The van der Waals surface area contributed by atoms with Crippen LogP contribution in [-0.4, -0.2) is 60.8 Å². The highest BCUT2D eigenvalue weighted by Gasteiger charge is 2.23. The van der Waals surface area contributed by atoms with Gasteiger partial charge >= 0.3 is 0 Å². The van der Waals surface area contributed by atoms with Crippen molar-refractivity contribution in [2.45, 2.75) is 38.8 Å². The van der Waals surface area contributed by atoms with E-state index in [1.54, 1.807) is 0 Å². The van der Waals surface area contributed by atoms with Crippen LogP contribution in [0.3, 0.4) is 0 Å². The molecule has 3 aliphatic heterocycles. The lowest BCUT2D eigenvalue weighted by Gasteiger charge is -2.35. The summed E-state index contributed by atoms with van der Waals surface area (Å²) in [5, 5.41) is 6.91. The van der Waals surface area contributed by atoms with Crippen LogP contribution in [0.1, 0.15) is 31.7 Å². The number of aromatic nitrogens is 2. The summed E-state index contributed by atoms with van der Waals surface area (Å²) in [6.45, 7) is 7.14. The van der Waals surface area contributed by atoms with Gasteiger partial charge in [0, 0.05) is 38.3 Å². The van der Waals surface area contributed by atoms with Crippen LogP contribution < -0.4 is 29.9 Å². The number of anilines is 3. The molecule has 1 aromatic carbocycles. The van der Waals surface area contributed by atoms with Crippen molar-refractivity contribution in [3.63, 3.8) is 0 Å². The Hall–Kier alpha value is -2.85. The second kappa shape index (κ2) is 9.96. The van der Waals surface area contributed by atoms with E-state index >= 15 is 0 Å². The molecule has 0 radical (unpaired) electrons. The van der Waals surface area contributed by atoms with Crippen molar-refractivity contribution in [1.82, 2.24) is 15.3 Å². The van der Waals surface area contributed by atoms with Crippen molar-refractivity contribution < 1.29 is 14.2 Å². The molecular weight excluding hydrogens is 440 g/mol. The molecule has 2 saturated heterocycles. The summed E-state index contributed by atoms with van der Waals surface area (Å²) >= 11 is 5.55. The van der Waals surface area contributed by atoms with E-state index in [0.29, 0.717) is 36.9 Å². The standard InChI is InChI=1S/C23H30N6O3S/c1-16-4-2-3-7-29(16)21-13-20(28-8-10-30-11-9-28)25-22(26-21)27-23(33)24-14-17-5-6-18-19(12-17)32-15-31-18/h5-6,12-13,16H,2-4,7-11,14-15H2,1H3,(H2,24,25,26,27,33)/t16-/m0/s1. The lowest BCUT2D eigenvalue weighted by atomic mass is 10.0. The van der Waals surface area contributed by atoms with Crippen LogP contribution in [0.2, 0.25) is 0 Å². The zero-order valence-corrected chi connectivity index (χ0v) is 19.7. The first-order chi connectivity index (χ1) is 16.2. The van der Waals surface area contributed by atoms with Gasteiger partial charge in [0.05, 0.1) is 13.2 Å². The number of ether oxygens (including phenoxy) is 3. The van der Waals surface area contributed by atoms with Crippen molar-refractivity contribution in [1.29, 1.82) is 0 Å². The second-order valence-electron chi connectivity index (χ2n) is 8.54. The van der Waals surface area contributed by atoms with Gasteiger partial charge in [-0.15, -0.1) is 0 Å². The summed E-state index contributed by atoms with van der Waals surface area (Å²) in [5.74, 6) is 3.89. The third-order valence-corrected chi connectivity index (χ3v) is 6.49. The van der Waals surface area contributed by atoms with Gasteiger partial charge in [0.2, 0.25) is 12.7 Å². The van der Waals surface area contributed by atoms with Crippen LogP contribution >= 0.6 is 12.2 Å². The van der Waals surface area contributed by atoms with Gasteiger partial charge in [0.1, 0.15) is 11.6 Å². The van der Waals surface area contributed by atoms with Gasteiger partial charge in [-0.05, 0) is 56.1 Å². The molecule has 10 heteroatoms. The molecule has 0 amide bonds. The molecule has 1 aromatic heterocycles. The predicted octanol–water partition coefficient (Wildman–Crippen LogP) is 2.91. The highest BCUT2D eigenvalue weighted by molar-refractivity contribution is 7.80. The van der Waals surface area contributed by atoms with Crippen LogP contribution in [0.5, 0.6) is 11.5 Å². The number of piperidine rings is 1. The van der Waals surface area contributed by atoms with E-state index < -0.39 is 0 Å². The minimum absolute atomic E-state index is 0.265. The molecule has 4 heterocycles. The minimum atomic E-state index is 0.265. The van der Waals surface area contributed by atoms with E-state index in [1.807, 2.05) is 18.2 Å². The Kier molecular flexibility index (Phi) is 6.63. The van der Waals surface area contributed by atoms with E-state index in [0.717, 1.165) is 48.3 Å². The fourth-order valence-corrected chi connectivity index (χ4v) is 4.56. The molecule has 2 fully saturated rings. The maximum atomic E-state index is 5.55. The van der Waals surface area contributed by atoms with Crippen molar-refractivity contribution in [2.75, 3.05) is 54.8 Å². The molecule has 0 spiro atoms. The lowest BCUT2D eigenvalue weighted by molar-refractivity contribution is 0.122. The molecule has 1 atom stereocenters. The molecule has 5 rings (SSSR count). The number of benzene rings is 1. The zero-order valence-electron chi connectivity index (χ0n) is 18.9. The van der Waals surface area contributed by atoms with E-state index in [2.05, 4.69) is 33.4 Å². The number of hydrogen-bond donors (Lipinski definition) is 2. The largest absolute Gasteiger partial charge is 0.454 e. The van der Waals surface area contributed by atoms with E-state index in [4.69, 9.17) is 36.4 Å². The van der Waals surface area contributed by atoms with Crippen molar-refractivity contribution >= 4 is 34.9 Å². The summed E-state index contributed by atoms with van der Waals surface area (Å²) in [6, 6.07) is 8.42. The Morgan fingerprint density at radius 3 is 2.73 bits per heavy atom. The summed E-state index contributed by atoms with van der Waals surface area (Å²) in [4.78, 5) is 14.2. The van der Waals surface area contributed by atoms with Gasteiger partial charge in [-0.2, -0.15) is 9.97 Å². The second-order valence-corrected chi connectivity index (χ2v) is 8.95. The zero-order chi connectivity index (χ0) is 22.6. The van der Waals surface area contributed by atoms with E-state index in [9.17, 15) is 0 Å². The number of rotatable bonds is 5. The summed E-state index contributed by atoms with van der Waals surface area (Å²) in [5.41, 5.74) is 1.05. The van der Waals surface area contributed by atoms with Gasteiger partial charge in [-0.25, -0.2) is 0 Å². The Balaban J connectivity index is 1.30. The van der Waals surface area contributed by atoms with Crippen molar-refractivity contribution in [3.05, 3.63) is 29.8 Å². The first kappa shape index (κ1) is 22.0. The quantitative estimate of drug-likeness (QED) is 0.637. The summed E-state index contributed by atoms with van der Waals surface area (Å²) in [7, 11) is 0. The average Bonchev–Trinajstić information content (AvgIpc) is 3.31. The lowest BCUT2D eigenvalue weighted by Crippen LogP contribution is -2.40. The number of hydrogen-bond acceptors (Lipinski definition) is 8. The number of morpholine rings is 1. The van der Waals surface area contributed by atoms with E-state index in [1.165, 1.54) is 19.3 Å². The molecule has 176 valence electrons. The number of fused-ring (bicyclic) bond motifs is 1. The highest BCUT2D eigenvalue weighted by atomic mass is 32.1. The van der Waals surface area contributed by atoms with Gasteiger partial charge in [-0.3, -0.25) is 0 Å². The van der Waals surface area contributed by atoms with Crippen molar-refractivity contribution in [2.24, 2.45) is 0 Å². The Morgan fingerprint density at radius 2 is 1.88 bits per heavy atom. The molecule has 2 N–H and O–H groups in total. The third-order valence-electron chi connectivity index (χ3n) is 6.25. The fraction of sp³-hybridized carbons (Fsp3) is 0.522. The van der Waals surface area contributed by atoms with Crippen molar-refractivity contribution in [3.8, 4) is 11.5 Å². The summed E-state index contributed by atoms with van der Waals surface area (Å²) in [6.07, 6.45) is 3.62. The molecule has 0 saturated carbocycles. The fourth-order valence-electron chi connectivity index (χ4n) is 4.40. The maximum Gasteiger partial charge on any atom is 0.232 e. The molecule has 2 aromatic rings. The van der Waals surface area contributed by atoms with Gasteiger partial charge in [-0.1, -0.05) is 6.07 Å². The number of thiocarbonyl (C=S) groups is 1. The van der Waals surface area contributed by atoms with Crippen LogP contribution in [-0.2, 0) is 11.3 Å². The topological polar surface area (TPSA) is 84.0 Å². The summed E-state index contributed by atoms with van der Waals surface area (Å²) < 4.78 is 16.4. The van der Waals surface area contributed by atoms with Crippen LogP contribution in [0.15, 0.2) is 24.3 Å². The van der Waals surface area contributed by atoms with Gasteiger partial charge in [0.25, 0.3) is 0 Å². The first-order valence-corrected chi connectivity index (χ1v) is 12.0. The molecule has 0 unspecified atom stereocenters. The van der Waals surface area contributed by atoms with Gasteiger partial charge < -0.3 is 34.6 Å². The molecule has 0 aliphatic carbocycles. The average molecular weight is 471 g/mol. The van der Waals surface area contributed by atoms with Crippen LogP contribution in [0.25, 0.3) is 0 Å².